The van der Waals surface area contributed by atoms with Crippen molar-refractivity contribution in [1.29, 1.82) is 0 Å². The number of benzene rings is 1. The van der Waals surface area contributed by atoms with Gasteiger partial charge in [0.05, 0.1) is 0 Å². The number of aliphatic carboxylic acids is 1. The van der Waals surface area contributed by atoms with Crippen LogP contribution < -0.4 is 5.32 Å². The van der Waals surface area contributed by atoms with Gasteiger partial charge in [0, 0.05) is 16.3 Å². The molecule has 0 bridgehead atoms. The van der Waals surface area contributed by atoms with Crippen molar-refractivity contribution >= 4 is 27.8 Å². The van der Waals surface area contributed by atoms with Gasteiger partial charge in [0.2, 0.25) is 5.91 Å². The van der Waals surface area contributed by atoms with E-state index in [-0.39, 0.29) is 12.3 Å². The van der Waals surface area contributed by atoms with Gasteiger partial charge < -0.3 is 10.4 Å². The summed E-state index contributed by atoms with van der Waals surface area (Å²) in [5.41, 5.74) is 0.162. The molecule has 0 spiro atoms. The monoisotopic (exact) mass is 297 g/mol. The van der Waals surface area contributed by atoms with E-state index in [1.165, 1.54) is 0 Å². The molecule has 1 amide bonds. The minimum atomic E-state index is -0.999. The smallest absolute Gasteiger partial charge is 0.327 e. The van der Waals surface area contributed by atoms with Crippen molar-refractivity contribution in [3.05, 3.63) is 34.3 Å². The van der Waals surface area contributed by atoms with Gasteiger partial charge in [-0.2, -0.15) is 0 Å². The quantitative estimate of drug-likeness (QED) is 0.873. The minimum absolute atomic E-state index is 0.200. The number of nitrogens with one attached hydrogen (secondary N) is 1. The molecule has 0 saturated carbocycles. The van der Waals surface area contributed by atoms with E-state index in [4.69, 9.17) is 5.11 Å². The third-order valence-electron chi connectivity index (χ3n) is 3.22. The van der Waals surface area contributed by atoms with Crippen molar-refractivity contribution in [2.24, 2.45) is 0 Å². The predicted molar refractivity (Wildman–Crippen MR) is 65.7 cm³/mol. The molecule has 1 fully saturated rings. The number of carboxylic acid groups (broad SMARTS) is 1. The highest BCUT2D eigenvalue weighted by molar-refractivity contribution is 9.10. The van der Waals surface area contributed by atoms with E-state index in [2.05, 4.69) is 21.2 Å². The molecule has 2 N–H and O–H groups in total. The standard InChI is InChI=1S/C12H12BrNO3/c1-12(7-2-4-8(13)5-3-7)6-9(15)14-10(12)11(16)17/h2-5,10H,6H2,1H3,(H,14,15)(H,16,17). The molecule has 1 saturated heterocycles. The van der Waals surface area contributed by atoms with E-state index in [0.29, 0.717) is 0 Å². The van der Waals surface area contributed by atoms with Crippen LogP contribution in [0, 0.1) is 0 Å². The summed E-state index contributed by atoms with van der Waals surface area (Å²) in [6, 6.07) is 6.53. The average Bonchev–Trinajstić information content (AvgIpc) is 2.56. The van der Waals surface area contributed by atoms with Crippen LogP contribution in [-0.4, -0.2) is 23.0 Å². The summed E-state index contributed by atoms with van der Waals surface area (Å²) in [6.45, 7) is 1.80. The normalized spacial score (nSPS) is 27.9. The van der Waals surface area contributed by atoms with Crippen LogP contribution in [0.2, 0.25) is 0 Å². The summed E-state index contributed by atoms with van der Waals surface area (Å²) in [7, 11) is 0. The van der Waals surface area contributed by atoms with Crippen LogP contribution in [0.4, 0.5) is 0 Å². The molecule has 4 nitrogen and oxygen atoms in total. The van der Waals surface area contributed by atoms with Crippen molar-refractivity contribution in [2.45, 2.75) is 24.8 Å². The fourth-order valence-electron chi connectivity index (χ4n) is 2.24. The Bertz CT molecular complexity index is 471. The number of carboxylic acids is 1. The molecule has 90 valence electrons. The lowest BCUT2D eigenvalue weighted by Crippen LogP contribution is -2.44. The first-order valence-corrected chi connectivity index (χ1v) is 6.01. The van der Waals surface area contributed by atoms with E-state index in [1.54, 1.807) is 6.92 Å². The van der Waals surface area contributed by atoms with Gasteiger partial charge in [0.1, 0.15) is 6.04 Å². The van der Waals surface area contributed by atoms with Crippen LogP contribution in [0.3, 0.4) is 0 Å². The molecular formula is C12H12BrNO3. The minimum Gasteiger partial charge on any atom is -0.480 e. The van der Waals surface area contributed by atoms with Crippen LogP contribution in [-0.2, 0) is 15.0 Å². The Morgan fingerprint density at radius 1 is 1.47 bits per heavy atom. The largest absolute Gasteiger partial charge is 0.480 e. The number of hydrogen-bond acceptors (Lipinski definition) is 2. The van der Waals surface area contributed by atoms with Crippen molar-refractivity contribution in [3.8, 4) is 0 Å². The van der Waals surface area contributed by atoms with Crippen molar-refractivity contribution in [1.82, 2.24) is 5.32 Å². The molecule has 5 heteroatoms. The number of carbonyl (C=O) groups is 2. The van der Waals surface area contributed by atoms with Crippen molar-refractivity contribution < 1.29 is 14.7 Å². The summed E-state index contributed by atoms with van der Waals surface area (Å²) < 4.78 is 0.925. The number of halogens is 1. The molecule has 1 aliphatic rings. The highest BCUT2D eigenvalue weighted by Gasteiger charge is 2.48. The zero-order valence-corrected chi connectivity index (χ0v) is 10.8. The first-order valence-electron chi connectivity index (χ1n) is 5.22. The van der Waals surface area contributed by atoms with E-state index in [9.17, 15) is 9.59 Å². The van der Waals surface area contributed by atoms with Crippen LogP contribution >= 0.6 is 15.9 Å². The Morgan fingerprint density at radius 3 is 2.59 bits per heavy atom. The van der Waals surface area contributed by atoms with E-state index >= 15 is 0 Å². The zero-order chi connectivity index (χ0) is 12.6. The maximum Gasteiger partial charge on any atom is 0.327 e. The summed E-state index contributed by atoms with van der Waals surface area (Å²) in [5, 5.41) is 11.7. The molecule has 17 heavy (non-hydrogen) atoms. The predicted octanol–water partition coefficient (Wildman–Crippen LogP) is 1.68. The van der Waals surface area contributed by atoms with Gasteiger partial charge in [-0.3, -0.25) is 4.79 Å². The Kier molecular flexibility index (Phi) is 2.95. The molecule has 1 aromatic rings. The van der Waals surface area contributed by atoms with Gasteiger partial charge in [0.15, 0.2) is 0 Å². The van der Waals surface area contributed by atoms with Crippen LogP contribution in [0.25, 0.3) is 0 Å². The Morgan fingerprint density at radius 2 is 2.06 bits per heavy atom. The third-order valence-corrected chi connectivity index (χ3v) is 3.75. The van der Waals surface area contributed by atoms with E-state index in [0.717, 1.165) is 10.0 Å². The second-order valence-electron chi connectivity index (χ2n) is 4.44. The third kappa shape index (κ3) is 2.07. The second-order valence-corrected chi connectivity index (χ2v) is 5.36. The van der Waals surface area contributed by atoms with Crippen LogP contribution in [0.1, 0.15) is 18.9 Å². The van der Waals surface area contributed by atoms with Crippen LogP contribution in [0.15, 0.2) is 28.7 Å². The summed E-state index contributed by atoms with van der Waals surface area (Å²) in [6.07, 6.45) is 0.200. The summed E-state index contributed by atoms with van der Waals surface area (Å²) >= 11 is 3.33. The topological polar surface area (TPSA) is 66.4 Å². The lowest BCUT2D eigenvalue weighted by atomic mass is 9.76. The molecule has 2 atom stereocenters. The lowest BCUT2D eigenvalue weighted by molar-refractivity contribution is -0.141. The molecule has 2 rings (SSSR count). The first kappa shape index (κ1) is 12.1. The highest BCUT2D eigenvalue weighted by Crippen LogP contribution is 2.36. The van der Waals surface area contributed by atoms with Gasteiger partial charge in [0.25, 0.3) is 0 Å². The molecule has 0 radical (unpaired) electrons. The van der Waals surface area contributed by atoms with Gasteiger partial charge in [-0.15, -0.1) is 0 Å². The first-order chi connectivity index (χ1) is 7.93. The Hall–Kier alpha value is -1.36. The molecule has 0 aliphatic carbocycles. The fraction of sp³-hybridized carbons (Fsp3) is 0.333. The number of hydrogen-bond donors (Lipinski definition) is 2. The highest BCUT2D eigenvalue weighted by atomic mass is 79.9. The lowest BCUT2D eigenvalue weighted by Gasteiger charge is -2.27. The maximum absolute atomic E-state index is 11.4. The van der Waals surface area contributed by atoms with Gasteiger partial charge in [-0.05, 0) is 17.7 Å². The molecule has 1 heterocycles. The fourth-order valence-corrected chi connectivity index (χ4v) is 2.50. The SMILES string of the molecule is CC1(c2ccc(Br)cc2)CC(=O)NC1C(=O)O. The number of carbonyl (C=O) groups excluding carboxylic acids is 1. The molecule has 1 aromatic carbocycles. The summed E-state index contributed by atoms with van der Waals surface area (Å²) in [5.74, 6) is -1.22. The number of rotatable bonds is 2. The van der Waals surface area contributed by atoms with Crippen molar-refractivity contribution in [2.75, 3.05) is 0 Å². The Balaban J connectivity index is 2.43. The van der Waals surface area contributed by atoms with E-state index in [1.807, 2.05) is 24.3 Å². The van der Waals surface area contributed by atoms with Gasteiger partial charge in [-0.25, -0.2) is 4.79 Å². The van der Waals surface area contributed by atoms with Gasteiger partial charge >= 0.3 is 5.97 Å². The summed E-state index contributed by atoms with van der Waals surface area (Å²) in [4.78, 5) is 22.6. The number of amides is 1. The Labute approximate surface area is 107 Å². The average molecular weight is 298 g/mol. The maximum atomic E-state index is 11.4. The van der Waals surface area contributed by atoms with Crippen molar-refractivity contribution in [3.63, 3.8) is 0 Å². The second kappa shape index (κ2) is 4.14. The zero-order valence-electron chi connectivity index (χ0n) is 9.24. The van der Waals surface area contributed by atoms with Crippen LogP contribution in [0.5, 0.6) is 0 Å². The molecule has 2 unspecified atom stereocenters. The molecular weight excluding hydrogens is 286 g/mol. The van der Waals surface area contributed by atoms with E-state index < -0.39 is 17.4 Å². The molecule has 0 aromatic heterocycles. The van der Waals surface area contributed by atoms with Gasteiger partial charge in [-0.1, -0.05) is 35.0 Å². The molecule has 1 aliphatic heterocycles.